The Morgan fingerprint density at radius 3 is 2.06 bits per heavy atom. The van der Waals surface area contributed by atoms with Gasteiger partial charge in [0, 0.05) is 31.9 Å². The van der Waals surface area contributed by atoms with E-state index in [-0.39, 0.29) is 6.61 Å². The molecule has 3 aromatic carbocycles. The molecule has 1 aliphatic heterocycles. The van der Waals surface area contributed by atoms with Crippen LogP contribution in [-0.4, -0.2) is 31.2 Å². The summed E-state index contributed by atoms with van der Waals surface area (Å²) in [6.45, 7) is 3.41. The predicted molar refractivity (Wildman–Crippen MR) is 128 cm³/mol. The highest BCUT2D eigenvalue weighted by atomic mass is 16.5. The third kappa shape index (κ3) is 4.68. The molecule has 6 heteroatoms. The number of ether oxygens (including phenoxy) is 1. The number of hydrogen-bond acceptors (Lipinski definition) is 6. The molecule has 0 saturated carbocycles. The Bertz CT molecular complexity index is 1220. The van der Waals surface area contributed by atoms with Crippen molar-refractivity contribution < 1.29 is 9.15 Å². The van der Waals surface area contributed by atoms with Crippen molar-refractivity contribution in [3.8, 4) is 22.9 Å². The quantitative estimate of drug-likeness (QED) is 0.418. The van der Waals surface area contributed by atoms with E-state index >= 15 is 0 Å². The molecule has 0 radical (unpaired) electrons. The maximum Gasteiger partial charge on any atom is 0.236 e. The fraction of sp³-hybridized carbons (Fsp3) is 0.185. The van der Waals surface area contributed by atoms with Gasteiger partial charge in [-0.1, -0.05) is 60.7 Å². The molecule has 0 aliphatic carbocycles. The maximum atomic E-state index is 9.57. The first-order valence-corrected chi connectivity index (χ1v) is 11.0. The molecule has 0 amide bonds. The summed E-state index contributed by atoms with van der Waals surface area (Å²) >= 11 is 0. The highest BCUT2D eigenvalue weighted by Gasteiger charge is 2.24. The third-order valence-electron chi connectivity index (χ3n) is 5.77. The van der Waals surface area contributed by atoms with Crippen molar-refractivity contribution in [2.45, 2.75) is 6.61 Å². The summed E-state index contributed by atoms with van der Waals surface area (Å²) in [6, 6.07) is 30.6. The normalized spacial score (nSPS) is 13.5. The molecule has 33 heavy (non-hydrogen) atoms. The van der Waals surface area contributed by atoms with E-state index in [2.05, 4.69) is 45.1 Å². The maximum absolute atomic E-state index is 9.57. The third-order valence-corrected chi connectivity index (χ3v) is 5.77. The predicted octanol–water partition coefficient (Wildman–Crippen LogP) is 5.12. The Balaban J connectivity index is 1.21. The van der Waals surface area contributed by atoms with Gasteiger partial charge in [-0.15, -0.1) is 0 Å². The Kier molecular flexibility index (Phi) is 5.94. The Morgan fingerprint density at radius 2 is 1.39 bits per heavy atom. The lowest BCUT2D eigenvalue weighted by molar-refractivity contribution is 0.263. The first kappa shape index (κ1) is 20.7. The van der Waals surface area contributed by atoms with E-state index in [1.165, 1.54) is 5.69 Å². The smallest absolute Gasteiger partial charge is 0.236 e. The van der Waals surface area contributed by atoms with Gasteiger partial charge in [-0.05, 0) is 35.4 Å². The standard InChI is InChI=1S/C27H24N4O2/c28-19-25-27(31-17-15-30(16-18-31)23-9-5-2-6-10-23)33-26(29-25)20-32-24-13-11-22(12-14-24)21-7-3-1-4-8-21/h1-14H,15-18,20H2. The summed E-state index contributed by atoms with van der Waals surface area (Å²) < 4.78 is 11.8. The van der Waals surface area contributed by atoms with Crippen LogP contribution in [0.5, 0.6) is 5.75 Å². The van der Waals surface area contributed by atoms with Crippen molar-refractivity contribution in [2.24, 2.45) is 0 Å². The van der Waals surface area contributed by atoms with Crippen LogP contribution in [-0.2, 0) is 6.61 Å². The van der Waals surface area contributed by atoms with E-state index in [1.54, 1.807) is 0 Å². The minimum absolute atomic E-state index is 0.170. The van der Waals surface area contributed by atoms with Crippen LogP contribution in [0.25, 0.3) is 11.1 Å². The van der Waals surface area contributed by atoms with Gasteiger partial charge in [0.05, 0.1) is 0 Å². The second-order valence-electron chi connectivity index (χ2n) is 7.86. The number of anilines is 2. The van der Waals surface area contributed by atoms with Gasteiger partial charge in [0.1, 0.15) is 11.8 Å². The molecule has 1 aliphatic rings. The second kappa shape index (κ2) is 9.49. The van der Waals surface area contributed by atoms with Gasteiger partial charge >= 0.3 is 0 Å². The van der Waals surface area contributed by atoms with E-state index in [0.717, 1.165) is 43.1 Å². The van der Waals surface area contributed by atoms with Crippen molar-refractivity contribution in [3.63, 3.8) is 0 Å². The molecular weight excluding hydrogens is 412 g/mol. The van der Waals surface area contributed by atoms with Crippen molar-refractivity contribution >= 4 is 11.6 Å². The molecule has 0 unspecified atom stereocenters. The van der Waals surface area contributed by atoms with Crippen LogP contribution in [0.2, 0.25) is 0 Å². The minimum atomic E-state index is 0.170. The van der Waals surface area contributed by atoms with E-state index in [0.29, 0.717) is 17.5 Å². The summed E-state index contributed by atoms with van der Waals surface area (Å²) in [5.41, 5.74) is 3.80. The van der Waals surface area contributed by atoms with Crippen LogP contribution < -0.4 is 14.5 Å². The number of nitrogens with zero attached hydrogens (tertiary/aromatic N) is 4. The van der Waals surface area contributed by atoms with Gasteiger partial charge < -0.3 is 19.0 Å². The summed E-state index contributed by atoms with van der Waals surface area (Å²) in [5.74, 6) is 1.66. The molecule has 1 saturated heterocycles. The minimum Gasteiger partial charge on any atom is -0.484 e. The van der Waals surface area contributed by atoms with Gasteiger partial charge in [0.15, 0.2) is 6.61 Å². The largest absolute Gasteiger partial charge is 0.484 e. The van der Waals surface area contributed by atoms with Crippen LogP contribution in [0.3, 0.4) is 0 Å². The summed E-state index contributed by atoms with van der Waals surface area (Å²) in [5, 5.41) is 9.57. The van der Waals surface area contributed by atoms with Crippen LogP contribution in [0, 0.1) is 11.3 Å². The van der Waals surface area contributed by atoms with Crippen LogP contribution in [0.15, 0.2) is 89.3 Å². The lowest BCUT2D eigenvalue weighted by Crippen LogP contribution is -2.46. The molecule has 5 rings (SSSR count). The summed E-state index contributed by atoms with van der Waals surface area (Å²) in [6.07, 6.45) is 0. The first-order chi connectivity index (χ1) is 16.3. The topological polar surface area (TPSA) is 65.5 Å². The first-order valence-electron chi connectivity index (χ1n) is 11.0. The zero-order valence-electron chi connectivity index (χ0n) is 18.2. The van der Waals surface area contributed by atoms with Gasteiger partial charge in [-0.3, -0.25) is 0 Å². The highest BCUT2D eigenvalue weighted by Crippen LogP contribution is 2.26. The average molecular weight is 437 g/mol. The Morgan fingerprint density at radius 1 is 0.788 bits per heavy atom. The molecule has 0 spiro atoms. The fourth-order valence-corrected chi connectivity index (χ4v) is 4.03. The fourth-order valence-electron chi connectivity index (χ4n) is 4.03. The lowest BCUT2D eigenvalue weighted by Gasteiger charge is -2.35. The van der Waals surface area contributed by atoms with Gasteiger partial charge in [-0.25, -0.2) is 0 Å². The highest BCUT2D eigenvalue weighted by molar-refractivity contribution is 5.63. The van der Waals surface area contributed by atoms with Gasteiger partial charge in [0.2, 0.25) is 17.5 Å². The van der Waals surface area contributed by atoms with Crippen molar-refractivity contribution in [1.82, 2.24) is 4.98 Å². The molecule has 6 nitrogen and oxygen atoms in total. The zero-order chi connectivity index (χ0) is 22.5. The van der Waals surface area contributed by atoms with E-state index in [4.69, 9.17) is 9.15 Å². The SMILES string of the molecule is N#Cc1nc(COc2ccc(-c3ccccc3)cc2)oc1N1CCN(c2ccccc2)CC1. The molecule has 0 atom stereocenters. The number of para-hydroxylation sites is 1. The molecule has 164 valence electrons. The van der Waals surface area contributed by atoms with Crippen LogP contribution in [0.1, 0.15) is 11.6 Å². The number of aromatic nitrogens is 1. The average Bonchev–Trinajstić information content (AvgIpc) is 3.32. The summed E-state index contributed by atoms with van der Waals surface area (Å²) in [7, 11) is 0. The van der Waals surface area contributed by atoms with Crippen molar-refractivity contribution in [2.75, 3.05) is 36.0 Å². The monoisotopic (exact) mass is 436 g/mol. The van der Waals surface area contributed by atoms with E-state index in [1.807, 2.05) is 60.7 Å². The lowest BCUT2D eigenvalue weighted by atomic mass is 10.1. The van der Waals surface area contributed by atoms with Crippen LogP contribution in [0.4, 0.5) is 11.6 Å². The number of piperazine rings is 1. The molecular formula is C27H24N4O2. The second-order valence-corrected chi connectivity index (χ2v) is 7.86. The number of rotatable bonds is 6. The van der Waals surface area contributed by atoms with E-state index < -0.39 is 0 Å². The molecule has 1 aromatic heterocycles. The number of nitriles is 1. The van der Waals surface area contributed by atoms with Crippen LogP contribution >= 0.6 is 0 Å². The van der Waals surface area contributed by atoms with Crippen molar-refractivity contribution in [1.29, 1.82) is 5.26 Å². The number of benzene rings is 3. The number of oxazole rings is 1. The van der Waals surface area contributed by atoms with Crippen molar-refractivity contribution in [3.05, 3.63) is 96.5 Å². The molecule has 0 N–H and O–H groups in total. The van der Waals surface area contributed by atoms with E-state index in [9.17, 15) is 5.26 Å². The zero-order valence-corrected chi connectivity index (χ0v) is 18.2. The molecule has 0 bridgehead atoms. The molecule has 4 aromatic rings. The Labute approximate surface area is 193 Å². The number of hydrogen-bond donors (Lipinski definition) is 0. The molecule has 2 heterocycles. The molecule has 1 fully saturated rings. The summed E-state index contributed by atoms with van der Waals surface area (Å²) in [4.78, 5) is 8.78. The van der Waals surface area contributed by atoms with Gasteiger partial charge in [0.25, 0.3) is 0 Å². The van der Waals surface area contributed by atoms with Gasteiger partial charge in [-0.2, -0.15) is 10.2 Å². The Hall–Kier alpha value is -4.24.